The van der Waals surface area contributed by atoms with E-state index in [1.807, 2.05) is 51.1 Å². The second-order valence-corrected chi connectivity index (χ2v) is 5.77. The molecule has 0 saturated heterocycles. The second-order valence-electron chi connectivity index (χ2n) is 5.77. The maximum atomic E-state index is 10.1. The molecule has 0 bridgehead atoms. The standard InChI is InChI=1S/C16H21NO2/c1-16(2,3)19-11-13(18)10-12-8-9-17-15-7-5-4-6-14(12)15/h4-9,13,18H,10-11H2,1-3H3. The average Bonchev–Trinajstić information content (AvgIpc) is 2.36. The predicted molar refractivity (Wildman–Crippen MR) is 77.2 cm³/mol. The number of aromatic nitrogens is 1. The number of aliphatic hydroxyl groups is 1. The number of para-hydroxylation sites is 1. The van der Waals surface area contributed by atoms with Crippen LogP contribution in [0.25, 0.3) is 10.9 Å². The minimum Gasteiger partial charge on any atom is -0.390 e. The highest BCUT2D eigenvalue weighted by atomic mass is 16.5. The van der Waals surface area contributed by atoms with Gasteiger partial charge in [-0.25, -0.2) is 0 Å². The third-order valence-electron chi connectivity index (χ3n) is 2.90. The molecule has 1 heterocycles. The lowest BCUT2D eigenvalue weighted by molar-refractivity contribution is -0.0481. The molecule has 3 nitrogen and oxygen atoms in total. The molecular weight excluding hydrogens is 238 g/mol. The Kier molecular flexibility index (Phi) is 4.17. The molecule has 1 unspecified atom stereocenters. The molecule has 2 rings (SSSR count). The van der Waals surface area contributed by atoms with E-state index in [4.69, 9.17) is 4.74 Å². The number of aliphatic hydroxyl groups excluding tert-OH is 1. The predicted octanol–water partition coefficient (Wildman–Crippen LogP) is 2.95. The summed E-state index contributed by atoms with van der Waals surface area (Å²) < 4.78 is 5.61. The van der Waals surface area contributed by atoms with Gasteiger partial charge in [-0.15, -0.1) is 0 Å². The molecule has 102 valence electrons. The number of hydrogen-bond acceptors (Lipinski definition) is 3. The molecule has 0 saturated carbocycles. The van der Waals surface area contributed by atoms with Crippen molar-refractivity contribution in [3.63, 3.8) is 0 Å². The van der Waals surface area contributed by atoms with Crippen molar-refractivity contribution in [2.45, 2.75) is 38.9 Å². The molecule has 1 aromatic heterocycles. The van der Waals surface area contributed by atoms with Crippen LogP contribution in [0, 0.1) is 0 Å². The van der Waals surface area contributed by atoms with E-state index in [0.29, 0.717) is 13.0 Å². The number of pyridine rings is 1. The Morgan fingerprint density at radius 1 is 1.21 bits per heavy atom. The maximum absolute atomic E-state index is 10.1. The molecule has 1 atom stereocenters. The fourth-order valence-electron chi connectivity index (χ4n) is 1.99. The van der Waals surface area contributed by atoms with Crippen LogP contribution in [0.5, 0.6) is 0 Å². The van der Waals surface area contributed by atoms with Gasteiger partial charge in [-0.05, 0) is 38.5 Å². The summed E-state index contributed by atoms with van der Waals surface area (Å²) in [5, 5.41) is 11.2. The second kappa shape index (κ2) is 5.68. The van der Waals surface area contributed by atoms with E-state index in [9.17, 15) is 5.11 Å². The summed E-state index contributed by atoms with van der Waals surface area (Å²) in [5.74, 6) is 0. The number of benzene rings is 1. The lowest BCUT2D eigenvalue weighted by Crippen LogP contribution is -2.27. The van der Waals surface area contributed by atoms with Crippen LogP contribution in [0.2, 0.25) is 0 Å². The molecule has 0 aliphatic carbocycles. The van der Waals surface area contributed by atoms with Gasteiger partial charge < -0.3 is 9.84 Å². The molecule has 3 heteroatoms. The van der Waals surface area contributed by atoms with Crippen molar-refractivity contribution >= 4 is 10.9 Å². The Hall–Kier alpha value is -1.45. The van der Waals surface area contributed by atoms with E-state index in [2.05, 4.69) is 4.98 Å². The molecule has 0 aliphatic rings. The lowest BCUT2D eigenvalue weighted by atomic mass is 10.0. The number of hydrogen-bond donors (Lipinski definition) is 1. The number of ether oxygens (including phenoxy) is 1. The van der Waals surface area contributed by atoms with Gasteiger partial charge >= 0.3 is 0 Å². The van der Waals surface area contributed by atoms with Crippen LogP contribution in [0.3, 0.4) is 0 Å². The summed E-state index contributed by atoms with van der Waals surface area (Å²) in [6, 6.07) is 9.94. The van der Waals surface area contributed by atoms with E-state index in [0.717, 1.165) is 16.5 Å². The summed E-state index contributed by atoms with van der Waals surface area (Å²) in [5.41, 5.74) is 1.85. The van der Waals surface area contributed by atoms with E-state index in [-0.39, 0.29) is 5.60 Å². The van der Waals surface area contributed by atoms with Crippen molar-refractivity contribution in [2.24, 2.45) is 0 Å². The Labute approximate surface area is 114 Å². The zero-order valence-electron chi connectivity index (χ0n) is 11.8. The third-order valence-corrected chi connectivity index (χ3v) is 2.90. The van der Waals surface area contributed by atoms with Crippen LogP contribution in [-0.2, 0) is 11.2 Å². The summed E-state index contributed by atoms with van der Waals surface area (Å²) in [7, 11) is 0. The Morgan fingerprint density at radius 3 is 2.68 bits per heavy atom. The first kappa shape index (κ1) is 14.0. The van der Waals surface area contributed by atoms with Gasteiger partial charge in [0, 0.05) is 18.0 Å². The molecule has 1 aromatic carbocycles. The van der Waals surface area contributed by atoms with Gasteiger partial charge in [-0.3, -0.25) is 4.98 Å². The fraction of sp³-hybridized carbons (Fsp3) is 0.438. The SMILES string of the molecule is CC(C)(C)OCC(O)Cc1ccnc2ccccc12. The van der Waals surface area contributed by atoms with Gasteiger partial charge in [0.25, 0.3) is 0 Å². The van der Waals surface area contributed by atoms with E-state index in [1.54, 1.807) is 6.20 Å². The van der Waals surface area contributed by atoms with Crippen LogP contribution < -0.4 is 0 Å². The molecule has 0 spiro atoms. The first-order valence-electron chi connectivity index (χ1n) is 6.60. The summed E-state index contributed by atoms with van der Waals surface area (Å²) in [6.07, 6.45) is 1.87. The van der Waals surface area contributed by atoms with Gasteiger partial charge in [0.2, 0.25) is 0 Å². The number of nitrogens with zero attached hydrogens (tertiary/aromatic N) is 1. The first-order chi connectivity index (χ1) is 8.96. The topological polar surface area (TPSA) is 42.4 Å². The van der Waals surface area contributed by atoms with Gasteiger partial charge in [-0.2, -0.15) is 0 Å². The minimum atomic E-state index is -0.495. The molecule has 0 radical (unpaired) electrons. The molecule has 0 amide bonds. The molecule has 0 aliphatic heterocycles. The van der Waals surface area contributed by atoms with E-state index >= 15 is 0 Å². The van der Waals surface area contributed by atoms with Crippen molar-refractivity contribution < 1.29 is 9.84 Å². The van der Waals surface area contributed by atoms with Crippen LogP contribution in [-0.4, -0.2) is 28.4 Å². The average molecular weight is 259 g/mol. The highest BCUT2D eigenvalue weighted by molar-refractivity contribution is 5.81. The highest BCUT2D eigenvalue weighted by Crippen LogP contribution is 2.18. The van der Waals surface area contributed by atoms with E-state index < -0.39 is 6.10 Å². The van der Waals surface area contributed by atoms with Crippen LogP contribution in [0.4, 0.5) is 0 Å². The first-order valence-corrected chi connectivity index (χ1v) is 6.60. The number of rotatable bonds is 4. The van der Waals surface area contributed by atoms with Gasteiger partial charge in [-0.1, -0.05) is 18.2 Å². The normalized spacial score (nSPS) is 13.7. The molecule has 19 heavy (non-hydrogen) atoms. The van der Waals surface area contributed by atoms with Crippen molar-refractivity contribution in [2.75, 3.05) is 6.61 Å². The van der Waals surface area contributed by atoms with Crippen LogP contribution in [0.15, 0.2) is 36.5 Å². The lowest BCUT2D eigenvalue weighted by Gasteiger charge is -2.22. The molecular formula is C16H21NO2. The monoisotopic (exact) mass is 259 g/mol. The van der Waals surface area contributed by atoms with Crippen LogP contribution in [0.1, 0.15) is 26.3 Å². The van der Waals surface area contributed by atoms with Crippen LogP contribution >= 0.6 is 0 Å². The fourth-order valence-corrected chi connectivity index (χ4v) is 1.99. The Bertz CT molecular complexity index is 540. The van der Waals surface area contributed by atoms with Gasteiger partial charge in [0.1, 0.15) is 0 Å². The van der Waals surface area contributed by atoms with Crippen molar-refractivity contribution in [3.05, 3.63) is 42.1 Å². The van der Waals surface area contributed by atoms with Gasteiger partial charge in [0.15, 0.2) is 0 Å². The highest BCUT2D eigenvalue weighted by Gasteiger charge is 2.14. The summed E-state index contributed by atoms with van der Waals surface area (Å²) in [6.45, 7) is 6.31. The van der Waals surface area contributed by atoms with Crippen molar-refractivity contribution in [1.82, 2.24) is 4.98 Å². The zero-order chi connectivity index (χ0) is 13.9. The summed E-state index contributed by atoms with van der Waals surface area (Å²) in [4.78, 5) is 4.32. The quantitative estimate of drug-likeness (QED) is 0.918. The number of fused-ring (bicyclic) bond motifs is 1. The Balaban J connectivity index is 2.09. The minimum absolute atomic E-state index is 0.221. The molecule has 2 aromatic rings. The smallest absolute Gasteiger partial charge is 0.0814 e. The largest absolute Gasteiger partial charge is 0.390 e. The third kappa shape index (κ3) is 4.01. The van der Waals surface area contributed by atoms with Crippen molar-refractivity contribution in [1.29, 1.82) is 0 Å². The van der Waals surface area contributed by atoms with Gasteiger partial charge in [0.05, 0.1) is 23.8 Å². The summed E-state index contributed by atoms with van der Waals surface area (Å²) >= 11 is 0. The molecule has 1 N–H and O–H groups in total. The zero-order valence-corrected chi connectivity index (χ0v) is 11.8. The van der Waals surface area contributed by atoms with E-state index in [1.165, 1.54) is 0 Å². The van der Waals surface area contributed by atoms with Crippen molar-refractivity contribution in [3.8, 4) is 0 Å². The molecule has 0 fully saturated rings. The Morgan fingerprint density at radius 2 is 1.95 bits per heavy atom. The maximum Gasteiger partial charge on any atom is 0.0814 e.